The normalized spacial score (nSPS) is 16.1. The van der Waals surface area contributed by atoms with Crippen LogP contribution < -0.4 is 10.6 Å². The first-order valence-electron chi connectivity index (χ1n) is 9.08. The summed E-state index contributed by atoms with van der Waals surface area (Å²) in [4.78, 5) is 25.1. The minimum atomic E-state index is -0.539. The van der Waals surface area contributed by atoms with Gasteiger partial charge in [0.2, 0.25) is 5.91 Å². The van der Waals surface area contributed by atoms with E-state index in [0.29, 0.717) is 18.5 Å². The quantitative estimate of drug-likeness (QED) is 0.751. The summed E-state index contributed by atoms with van der Waals surface area (Å²) in [6, 6.07) is 19.1. The molecule has 1 atom stereocenters. The van der Waals surface area contributed by atoms with Crippen LogP contribution in [0, 0.1) is 0 Å². The van der Waals surface area contributed by atoms with Gasteiger partial charge >= 0.3 is 0 Å². The lowest BCUT2D eigenvalue weighted by Crippen LogP contribution is -2.43. The summed E-state index contributed by atoms with van der Waals surface area (Å²) >= 11 is 0. The molecule has 0 fully saturated rings. The predicted molar refractivity (Wildman–Crippen MR) is 105 cm³/mol. The van der Waals surface area contributed by atoms with Gasteiger partial charge in [0.15, 0.2) is 0 Å². The fourth-order valence-electron chi connectivity index (χ4n) is 3.36. The number of carbonyl (C=O) groups is 2. The number of hydrogen-bond donors (Lipinski definition) is 2. The van der Waals surface area contributed by atoms with Crippen molar-refractivity contribution in [1.82, 2.24) is 9.88 Å². The van der Waals surface area contributed by atoms with Gasteiger partial charge in [0.1, 0.15) is 6.04 Å². The third-order valence-electron chi connectivity index (χ3n) is 4.82. The van der Waals surface area contributed by atoms with Crippen molar-refractivity contribution in [3.8, 4) is 0 Å². The Labute approximate surface area is 158 Å². The number of benzene rings is 2. The van der Waals surface area contributed by atoms with Gasteiger partial charge in [0.05, 0.1) is 5.56 Å². The largest absolute Gasteiger partial charge is 0.349 e. The van der Waals surface area contributed by atoms with Gasteiger partial charge in [0.25, 0.3) is 5.91 Å². The topological polar surface area (TPSA) is 63.1 Å². The number of carbonyl (C=O) groups excluding carboxylic acids is 2. The Morgan fingerprint density at radius 3 is 2.70 bits per heavy atom. The van der Waals surface area contributed by atoms with Crippen LogP contribution in [0.5, 0.6) is 0 Å². The van der Waals surface area contributed by atoms with Crippen molar-refractivity contribution in [3.63, 3.8) is 0 Å². The van der Waals surface area contributed by atoms with Gasteiger partial charge in [-0.3, -0.25) is 9.59 Å². The average molecular weight is 359 g/mol. The number of aromatic nitrogens is 1. The third-order valence-corrected chi connectivity index (χ3v) is 4.82. The molecule has 136 valence electrons. The van der Waals surface area contributed by atoms with Gasteiger partial charge in [-0.2, -0.15) is 0 Å². The van der Waals surface area contributed by atoms with E-state index < -0.39 is 6.04 Å². The molecule has 2 heterocycles. The lowest BCUT2D eigenvalue weighted by molar-refractivity contribution is -0.118. The number of para-hydroxylation sites is 1. The van der Waals surface area contributed by atoms with Gasteiger partial charge in [-0.1, -0.05) is 48.5 Å². The first kappa shape index (κ1) is 17.1. The Hall–Kier alpha value is -3.34. The molecule has 0 spiro atoms. The predicted octanol–water partition coefficient (Wildman–Crippen LogP) is 3.22. The molecule has 0 unspecified atom stereocenters. The van der Waals surface area contributed by atoms with Crippen LogP contribution in [-0.4, -0.2) is 22.4 Å². The molecular weight excluding hydrogens is 338 g/mol. The van der Waals surface area contributed by atoms with Crippen LogP contribution in [0.25, 0.3) is 0 Å². The van der Waals surface area contributed by atoms with Gasteiger partial charge < -0.3 is 15.2 Å². The lowest BCUT2D eigenvalue weighted by atomic mass is 10.1. The Balaban J connectivity index is 1.41. The van der Waals surface area contributed by atoms with Crippen LogP contribution in [-0.2, 0) is 17.8 Å². The molecule has 1 aromatic heterocycles. The molecule has 3 aromatic rings. The third kappa shape index (κ3) is 3.92. The highest BCUT2D eigenvalue weighted by atomic mass is 16.2. The summed E-state index contributed by atoms with van der Waals surface area (Å²) in [6.45, 7) is 0.702. The molecule has 5 heteroatoms. The molecule has 0 bridgehead atoms. The molecular formula is C22H21N3O2. The maximum Gasteiger partial charge on any atom is 0.253 e. The first-order chi connectivity index (χ1) is 13.2. The molecule has 0 saturated carbocycles. The molecule has 0 radical (unpaired) electrons. The minimum absolute atomic E-state index is 0.169. The smallest absolute Gasteiger partial charge is 0.253 e. The number of aryl methyl sites for hydroxylation is 1. The molecule has 2 N–H and O–H groups in total. The zero-order valence-corrected chi connectivity index (χ0v) is 14.9. The van der Waals surface area contributed by atoms with Crippen molar-refractivity contribution in [2.45, 2.75) is 25.4 Å². The Bertz CT molecular complexity index is 962. The summed E-state index contributed by atoms with van der Waals surface area (Å²) in [5, 5.41) is 5.78. The average Bonchev–Trinajstić information content (AvgIpc) is 3.09. The minimum Gasteiger partial charge on any atom is -0.349 e. The molecule has 4 rings (SSSR count). The van der Waals surface area contributed by atoms with Crippen molar-refractivity contribution < 1.29 is 9.59 Å². The van der Waals surface area contributed by atoms with Gasteiger partial charge in [-0.25, -0.2) is 0 Å². The van der Waals surface area contributed by atoms with E-state index >= 15 is 0 Å². The molecule has 27 heavy (non-hydrogen) atoms. The summed E-state index contributed by atoms with van der Waals surface area (Å²) in [5.74, 6) is -0.398. The number of fused-ring (bicyclic) bond motifs is 1. The van der Waals surface area contributed by atoms with E-state index in [1.807, 2.05) is 71.6 Å². The highest BCUT2D eigenvalue weighted by Gasteiger charge is 2.25. The van der Waals surface area contributed by atoms with Crippen LogP contribution in [0.15, 0.2) is 73.1 Å². The Morgan fingerprint density at radius 2 is 1.85 bits per heavy atom. The van der Waals surface area contributed by atoms with Gasteiger partial charge in [0, 0.05) is 24.6 Å². The van der Waals surface area contributed by atoms with Crippen LogP contribution in [0.3, 0.4) is 0 Å². The molecule has 2 aromatic carbocycles. The highest BCUT2D eigenvalue weighted by molar-refractivity contribution is 6.01. The number of rotatable bonds is 4. The standard InChI is InChI=1S/C22H21N3O2/c26-21(18-12-13-25(15-18)14-16-6-2-1-3-7-16)24-20-11-10-17-8-4-5-9-19(17)23-22(20)27/h1-9,12-13,15,20H,10-11,14H2,(H,23,27)(H,24,26)/t20-/m0/s1. The summed E-state index contributed by atoms with van der Waals surface area (Å²) in [6.07, 6.45) is 5.02. The SMILES string of the molecule is O=C(N[C@H]1CCc2ccccc2NC1=O)c1ccn(Cc2ccccc2)c1. The van der Waals surface area contributed by atoms with Crippen molar-refractivity contribution in [3.05, 3.63) is 89.7 Å². The van der Waals surface area contributed by atoms with E-state index in [0.717, 1.165) is 17.7 Å². The molecule has 1 aliphatic rings. The number of hydrogen-bond acceptors (Lipinski definition) is 2. The summed E-state index contributed by atoms with van der Waals surface area (Å²) in [7, 11) is 0. The van der Waals surface area contributed by atoms with Crippen molar-refractivity contribution >= 4 is 17.5 Å². The molecule has 1 aliphatic heterocycles. The van der Waals surface area contributed by atoms with E-state index in [-0.39, 0.29) is 11.8 Å². The van der Waals surface area contributed by atoms with E-state index in [1.54, 1.807) is 6.07 Å². The highest BCUT2D eigenvalue weighted by Crippen LogP contribution is 2.21. The van der Waals surface area contributed by atoms with Crippen LogP contribution in [0.4, 0.5) is 5.69 Å². The maximum atomic E-state index is 12.6. The number of anilines is 1. The molecule has 0 saturated heterocycles. The molecule has 5 nitrogen and oxygen atoms in total. The lowest BCUT2D eigenvalue weighted by Gasteiger charge is -2.14. The number of nitrogens with one attached hydrogen (secondary N) is 2. The second-order valence-corrected chi connectivity index (χ2v) is 6.77. The number of amides is 2. The van der Waals surface area contributed by atoms with E-state index in [2.05, 4.69) is 10.6 Å². The zero-order valence-electron chi connectivity index (χ0n) is 14.9. The Kier molecular flexibility index (Phi) is 4.75. The van der Waals surface area contributed by atoms with Crippen molar-refractivity contribution in [2.75, 3.05) is 5.32 Å². The first-order valence-corrected chi connectivity index (χ1v) is 9.08. The second kappa shape index (κ2) is 7.50. The second-order valence-electron chi connectivity index (χ2n) is 6.77. The summed E-state index contributed by atoms with van der Waals surface area (Å²) in [5.41, 5.74) is 3.64. The van der Waals surface area contributed by atoms with Gasteiger partial charge in [-0.05, 0) is 36.1 Å². The van der Waals surface area contributed by atoms with E-state index in [9.17, 15) is 9.59 Å². The van der Waals surface area contributed by atoms with Crippen LogP contribution >= 0.6 is 0 Å². The molecule has 0 aliphatic carbocycles. The maximum absolute atomic E-state index is 12.6. The monoisotopic (exact) mass is 359 g/mol. The van der Waals surface area contributed by atoms with Crippen molar-refractivity contribution in [1.29, 1.82) is 0 Å². The van der Waals surface area contributed by atoms with Crippen LogP contribution in [0.2, 0.25) is 0 Å². The van der Waals surface area contributed by atoms with Crippen molar-refractivity contribution in [2.24, 2.45) is 0 Å². The summed E-state index contributed by atoms with van der Waals surface area (Å²) < 4.78 is 1.97. The molecule has 2 amide bonds. The Morgan fingerprint density at radius 1 is 1.07 bits per heavy atom. The van der Waals surface area contributed by atoms with Gasteiger partial charge in [-0.15, -0.1) is 0 Å². The number of nitrogens with zero attached hydrogens (tertiary/aromatic N) is 1. The van der Waals surface area contributed by atoms with E-state index in [4.69, 9.17) is 0 Å². The van der Waals surface area contributed by atoms with Crippen LogP contribution in [0.1, 0.15) is 27.9 Å². The zero-order chi connectivity index (χ0) is 18.6. The fraction of sp³-hybridized carbons (Fsp3) is 0.182. The fourth-order valence-corrected chi connectivity index (χ4v) is 3.36. The van der Waals surface area contributed by atoms with E-state index in [1.165, 1.54) is 5.56 Å².